The van der Waals surface area contributed by atoms with Gasteiger partial charge < -0.3 is 4.74 Å². The van der Waals surface area contributed by atoms with Gasteiger partial charge in [0.05, 0.1) is 0 Å². The highest BCUT2D eigenvalue weighted by Crippen LogP contribution is 2.42. The number of fused-ring (bicyclic) bond motifs is 7. The zero-order valence-electron chi connectivity index (χ0n) is 14.6. The summed E-state index contributed by atoms with van der Waals surface area (Å²) in [4.78, 5) is 11.6. The molecular weight excluding hydrogens is 352 g/mol. The average Bonchev–Trinajstić information content (AvgIpc) is 3.11. The van der Waals surface area contributed by atoms with Crippen LogP contribution in [0.4, 0.5) is 0 Å². The van der Waals surface area contributed by atoms with Gasteiger partial charge in [0.15, 0.2) is 0 Å². The molecular formula is C24H16O2S. The lowest BCUT2D eigenvalue weighted by Gasteiger charge is -2.09. The van der Waals surface area contributed by atoms with Gasteiger partial charge in [0.2, 0.25) is 0 Å². The molecule has 27 heavy (non-hydrogen) atoms. The Balaban J connectivity index is 1.86. The van der Waals surface area contributed by atoms with E-state index in [0.717, 1.165) is 16.3 Å². The van der Waals surface area contributed by atoms with Gasteiger partial charge in [0.25, 0.3) is 0 Å². The molecule has 0 aliphatic heterocycles. The number of benzene rings is 4. The van der Waals surface area contributed by atoms with Gasteiger partial charge in [0.1, 0.15) is 6.61 Å². The van der Waals surface area contributed by atoms with E-state index in [1.165, 1.54) is 37.0 Å². The Hall–Kier alpha value is -3.17. The lowest BCUT2D eigenvalue weighted by atomic mass is 9.98. The second-order valence-corrected chi connectivity index (χ2v) is 7.58. The first-order valence-corrected chi connectivity index (χ1v) is 9.61. The topological polar surface area (TPSA) is 26.3 Å². The van der Waals surface area contributed by atoms with E-state index in [1.54, 1.807) is 0 Å². The van der Waals surface area contributed by atoms with Crippen molar-refractivity contribution in [2.45, 2.75) is 6.61 Å². The SMILES string of the molecule is C=CC(=O)OCc1cccc2ccc3sc4c5ccccc5ccc4c3c12. The molecule has 0 unspecified atom stereocenters. The van der Waals surface area contributed by atoms with E-state index in [9.17, 15) is 4.79 Å². The number of hydrogen-bond acceptors (Lipinski definition) is 3. The monoisotopic (exact) mass is 368 g/mol. The summed E-state index contributed by atoms with van der Waals surface area (Å²) in [6.45, 7) is 3.72. The van der Waals surface area contributed by atoms with Gasteiger partial charge in [-0.15, -0.1) is 11.3 Å². The molecule has 0 atom stereocenters. The molecule has 5 rings (SSSR count). The maximum absolute atomic E-state index is 11.6. The van der Waals surface area contributed by atoms with E-state index in [4.69, 9.17) is 4.74 Å². The lowest BCUT2D eigenvalue weighted by molar-refractivity contribution is -0.138. The molecule has 3 heteroatoms. The number of ether oxygens (including phenoxy) is 1. The quantitative estimate of drug-likeness (QED) is 0.265. The van der Waals surface area contributed by atoms with Crippen LogP contribution < -0.4 is 0 Å². The third-order valence-corrected chi connectivity index (χ3v) is 6.20. The molecule has 130 valence electrons. The molecule has 0 bridgehead atoms. The Kier molecular flexibility index (Phi) is 3.69. The normalized spacial score (nSPS) is 11.4. The molecule has 0 fully saturated rings. The summed E-state index contributed by atoms with van der Waals surface area (Å²) in [5, 5.41) is 7.34. The second-order valence-electron chi connectivity index (χ2n) is 6.53. The van der Waals surface area contributed by atoms with E-state index in [1.807, 2.05) is 23.5 Å². The Morgan fingerprint density at radius 2 is 1.70 bits per heavy atom. The van der Waals surface area contributed by atoms with Crippen molar-refractivity contribution in [3.05, 3.63) is 84.9 Å². The highest BCUT2D eigenvalue weighted by molar-refractivity contribution is 7.26. The zero-order chi connectivity index (χ0) is 18.4. The summed E-state index contributed by atoms with van der Waals surface area (Å²) >= 11 is 1.82. The van der Waals surface area contributed by atoms with Crippen LogP contribution in [-0.2, 0) is 16.1 Å². The fourth-order valence-electron chi connectivity index (χ4n) is 3.78. The molecule has 0 aliphatic rings. The minimum atomic E-state index is -0.402. The van der Waals surface area contributed by atoms with Crippen molar-refractivity contribution < 1.29 is 9.53 Å². The third kappa shape index (κ3) is 2.51. The minimum Gasteiger partial charge on any atom is -0.458 e. The van der Waals surface area contributed by atoms with Gasteiger partial charge in [-0.1, -0.05) is 67.2 Å². The van der Waals surface area contributed by atoms with E-state index >= 15 is 0 Å². The smallest absolute Gasteiger partial charge is 0.330 e. The first-order valence-electron chi connectivity index (χ1n) is 8.80. The predicted octanol–water partition coefficient (Wildman–Crippen LogP) is 6.59. The summed E-state index contributed by atoms with van der Waals surface area (Å²) in [5.74, 6) is -0.402. The summed E-state index contributed by atoms with van der Waals surface area (Å²) < 4.78 is 7.89. The number of carbonyl (C=O) groups excluding carboxylic acids is 1. The van der Waals surface area contributed by atoms with Crippen LogP contribution in [0.25, 0.3) is 41.7 Å². The molecule has 2 nitrogen and oxygen atoms in total. The number of carbonyl (C=O) groups is 1. The Bertz CT molecular complexity index is 1360. The molecule has 4 aromatic carbocycles. The highest BCUT2D eigenvalue weighted by atomic mass is 32.1. The maximum atomic E-state index is 11.6. The Labute approximate surface area is 160 Å². The molecule has 5 aromatic rings. The number of rotatable bonds is 3. The van der Waals surface area contributed by atoms with Crippen LogP contribution in [0.1, 0.15) is 5.56 Å². The second kappa shape index (κ2) is 6.22. The molecule has 1 aromatic heterocycles. The summed E-state index contributed by atoms with van der Waals surface area (Å²) in [6, 6.07) is 23.4. The largest absolute Gasteiger partial charge is 0.458 e. The minimum absolute atomic E-state index is 0.242. The van der Waals surface area contributed by atoms with Crippen molar-refractivity contribution in [2.24, 2.45) is 0 Å². The van der Waals surface area contributed by atoms with Crippen molar-refractivity contribution in [3.63, 3.8) is 0 Å². The molecule has 0 aliphatic carbocycles. The predicted molar refractivity (Wildman–Crippen MR) is 114 cm³/mol. The van der Waals surface area contributed by atoms with Crippen LogP contribution in [0.2, 0.25) is 0 Å². The highest BCUT2D eigenvalue weighted by Gasteiger charge is 2.14. The van der Waals surface area contributed by atoms with E-state index in [-0.39, 0.29) is 6.61 Å². The van der Waals surface area contributed by atoms with Crippen LogP contribution in [0.15, 0.2) is 79.4 Å². The van der Waals surface area contributed by atoms with Crippen LogP contribution in [-0.4, -0.2) is 5.97 Å². The number of hydrogen-bond donors (Lipinski definition) is 0. The Morgan fingerprint density at radius 1 is 0.889 bits per heavy atom. The van der Waals surface area contributed by atoms with Crippen molar-refractivity contribution in [2.75, 3.05) is 0 Å². The molecule has 0 saturated carbocycles. The van der Waals surface area contributed by atoms with Crippen LogP contribution in [0.5, 0.6) is 0 Å². The van der Waals surface area contributed by atoms with Crippen molar-refractivity contribution in [1.82, 2.24) is 0 Å². The first-order chi connectivity index (χ1) is 13.3. The van der Waals surface area contributed by atoms with Crippen molar-refractivity contribution >= 4 is 59.0 Å². The third-order valence-electron chi connectivity index (χ3n) is 4.99. The molecule has 0 amide bonds. The van der Waals surface area contributed by atoms with E-state index < -0.39 is 5.97 Å². The molecule has 0 N–H and O–H groups in total. The van der Waals surface area contributed by atoms with E-state index in [2.05, 4.69) is 61.2 Å². The zero-order valence-corrected chi connectivity index (χ0v) is 15.4. The van der Waals surface area contributed by atoms with Crippen molar-refractivity contribution in [1.29, 1.82) is 0 Å². The van der Waals surface area contributed by atoms with Crippen molar-refractivity contribution in [3.8, 4) is 0 Å². The van der Waals surface area contributed by atoms with Gasteiger partial charge in [0, 0.05) is 26.2 Å². The first kappa shape index (κ1) is 16.0. The number of thiophene rings is 1. The molecule has 0 radical (unpaired) electrons. The van der Waals surface area contributed by atoms with Gasteiger partial charge >= 0.3 is 5.97 Å². The van der Waals surface area contributed by atoms with Gasteiger partial charge in [-0.25, -0.2) is 4.79 Å². The van der Waals surface area contributed by atoms with Crippen LogP contribution >= 0.6 is 11.3 Å². The summed E-state index contributed by atoms with van der Waals surface area (Å²) in [6.07, 6.45) is 1.20. The maximum Gasteiger partial charge on any atom is 0.330 e. The standard InChI is InChI=1S/C24H16O2S/c1-2-21(25)26-14-17-8-5-7-16-11-13-20-23(22(16)17)19-12-10-15-6-3-4-9-18(15)24(19)27-20/h2-13H,1,14H2. The lowest BCUT2D eigenvalue weighted by Crippen LogP contribution is -2.00. The summed E-state index contributed by atoms with van der Waals surface area (Å²) in [5.41, 5.74) is 1.01. The Morgan fingerprint density at radius 3 is 2.59 bits per heavy atom. The van der Waals surface area contributed by atoms with E-state index in [0.29, 0.717) is 0 Å². The fraction of sp³-hybridized carbons (Fsp3) is 0.0417. The van der Waals surface area contributed by atoms with Gasteiger partial charge in [-0.05, 0) is 33.2 Å². The van der Waals surface area contributed by atoms with Gasteiger partial charge in [-0.3, -0.25) is 0 Å². The van der Waals surface area contributed by atoms with Crippen LogP contribution in [0, 0.1) is 0 Å². The summed E-state index contributed by atoms with van der Waals surface area (Å²) in [7, 11) is 0. The molecule has 0 saturated heterocycles. The van der Waals surface area contributed by atoms with Gasteiger partial charge in [-0.2, -0.15) is 0 Å². The fourth-order valence-corrected chi connectivity index (χ4v) is 5.02. The van der Waals surface area contributed by atoms with Crippen LogP contribution in [0.3, 0.4) is 0 Å². The molecule has 0 spiro atoms. The average molecular weight is 368 g/mol. The molecule has 1 heterocycles. The number of esters is 1.